The lowest BCUT2D eigenvalue weighted by Gasteiger charge is -2.11. The summed E-state index contributed by atoms with van der Waals surface area (Å²) in [5, 5.41) is 17.0. The maximum Gasteiger partial charge on any atom is 0.333 e. The maximum atomic E-state index is 10.6. The first kappa shape index (κ1) is 9.90. The molecular formula is C6H10O5. The zero-order chi connectivity index (χ0) is 9.02. The van der Waals surface area contributed by atoms with Gasteiger partial charge in [0.05, 0.1) is 13.0 Å². The predicted octanol–water partition coefficient (Wildman–Crippen LogP) is -0.759. The Balaban J connectivity index is 4.12. The average molecular weight is 162 g/mol. The van der Waals surface area contributed by atoms with Crippen LogP contribution in [-0.4, -0.2) is 35.4 Å². The van der Waals surface area contributed by atoms with Gasteiger partial charge in [-0.15, -0.1) is 0 Å². The minimum atomic E-state index is -1.69. The van der Waals surface area contributed by atoms with E-state index in [1.54, 1.807) is 0 Å². The molecule has 0 heterocycles. The van der Waals surface area contributed by atoms with Gasteiger partial charge in [0.2, 0.25) is 0 Å². The Labute approximate surface area is 63.6 Å². The van der Waals surface area contributed by atoms with Gasteiger partial charge < -0.3 is 14.9 Å². The van der Waals surface area contributed by atoms with E-state index in [1.165, 1.54) is 6.92 Å². The van der Waals surface area contributed by atoms with Crippen LogP contribution in [0.3, 0.4) is 0 Å². The quantitative estimate of drug-likeness (QED) is 0.533. The van der Waals surface area contributed by atoms with Crippen molar-refractivity contribution in [1.29, 1.82) is 0 Å². The lowest BCUT2D eigenvalue weighted by atomic mass is 10.1. The molecule has 0 saturated heterocycles. The molecule has 5 heteroatoms. The summed E-state index contributed by atoms with van der Waals surface area (Å²) >= 11 is 0. The second kappa shape index (κ2) is 3.92. The van der Waals surface area contributed by atoms with Crippen molar-refractivity contribution in [3.05, 3.63) is 0 Å². The molecule has 5 nitrogen and oxygen atoms in total. The maximum absolute atomic E-state index is 10.6. The highest BCUT2D eigenvalue weighted by Crippen LogP contribution is 2.04. The van der Waals surface area contributed by atoms with Crippen molar-refractivity contribution in [2.45, 2.75) is 13.0 Å². The van der Waals surface area contributed by atoms with E-state index in [9.17, 15) is 9.59 Å². The summed E-state index contributed by atoms with van der Waals surface area (Å²) in [4.78, 5) is 20.7. The van der Waals surface area contributed by atoms with Gasteiger partial charge in [-0.1, -0.05) is 0 Å². The number of aliphatic hydroxyl groups excluding tert-OH is 1. The fourth-order valence-electron chi connectivity index (χ4n) is 0.529. The van der Waals surface area contributed by atoms with Crippen molar-refractivity contribution in [1.82, 2.24) is 0 Å². The number of carboxylic acids is 1. The van der Waals surface area contributed by atoms with Crippen molar-refractivity contribution in [2.24, 2.45) is 5.92 Å². The van der Waals surface area contributed by atoms with Crippen molar-refractivity contribution in [3.8, 4) is 0 Å². The number of hydrogen-bond donors (Lipinski definition) is 2. The number of aliphatic carboxylic acids is 1. The monoisotopic (exact) mass is 162 g/mol. The predicted molar refractivity (Wildman–Crippen MR) is 34.8 cm³/mol. The summed E-state index contributed by atoms with van der Waals surface area (Å²) in [7, 11) is 1.13. The highest BCUT2D eigenvalue weighted by Gasteiger charge is 2.28. The van der Waals surface area contributed by atoms with Crippen LogP contribution in [0.25, 0.3) is 0 Å². The van der Waals surface area contributed by atoms with Crippen LogP contribution in [0.4, 0.5) is 0 Å². The minimum absolute atomic E-state index is 0.736. The Morgan fingerprint density at radius 2 is 1.91 bits per heavy atom. The fourth-order valence-corrected chi connectivity index (χ4v) is 0.529. The lowest BCUT2D eigenvalue weighted by molar-refractivity contribution is -0.160. The van der Waals surface area contributed by atoms with Gasteiger partial charge in [-0.05, 0) is 6.92 Å². The third-order valence-electron chi connectivity index (χ3n) is 1.30. The zero-order valence-electron chi connectivity index (χ0n) is 6.27. The van der Waals surface area contributed by atoms with Gasteiger partial charge in [0.25, 0.3) is 0 Å². The summed E-state index contributed by atoms with van der Waals surface area (Å²) in [6, 6.07) is 0. The van der Waals surface area contributed by atoms with Crippen molar-refractivity contribution in [3.63, 3.8) is 0 Å². The van der Waals surface area contributed by atoms with Crippen LogP contribution in [0.1, 0.15) is 6.92 Å². The van der Waals surface area contributed by atoms with Gasteiger partial charge in [-0.3, -0.25) is 4.79 Å². The van der Waals surface area contributed by atoms with Crippen LogP contribution in [0.5, 0.6) is 0 Å². The van der Waals surface area contributed by atoms with Gasteiger partial charge >= 0.3 is 11.9 Å². The van der Waals surface area contributed by atoms with E-state index in [0.29, 0.717) is 0 Å². The molecule has 0 aromatic carbocycles. The summed E-state index contributed by atoms with van der Waals surface area (Å²) in [6.07, 6.45) is -1.69. The van der Waals surface area contributed by atoms with E-state index in [2.05, 4.69) is 4.74 Å². The number of carbonyl (C=O) groups is 2. The number of carbonyl (C=O) groups excluding carboxylic acids is 1. The fraction of sp³-hybridized carbons (Fsp3) is 0.667. The number of esters is 1. The summed E-state index contributed by atoms with van der Waals surface area (Å²) < 4.78 is 4.22. The average Bonchev–Trinajstić information content (AvgIpc) is 2.00. The Kier molecular flexibility index (Phi) is 3.53. The van der Waals surface area contributed by atoms with Gasteiger partial charge in [0, 0.05) is 0 Å². The topological polar surface area (TPSA) is 83.8 Å². The van der Waals surface area contributed by atoms with E-state index < -0.39 is 24.0 Å². The van der Waals surface area contributed by atoms with Gasteiger partial charge in [0.15, 0.2) is 6.10 Å². The largest absolute Gasteiger partial charge is 0.479 e. The molecule has 0 aromatic rings. The third kappa shape index (κ3) is 2.55. The third-order valence-corrected chi connectivity index (χ3v) is 1.30. The Hall–Kier alpha value is -1.10. The van der Waals surface area contributed by atoms with Crippen molar-refractivity contribution >= 4 is 11.9 Å². The number of methoxy groups -OCH3 is 1. The molecule has 2 atom stereocenters. The molecule has 0 saturated carbocycles. The SMILES string of the molecule is COC(=O)C(C)C(O)C(=O)O. The Bertz CT molecular complexity index is 164. The molecule has 0 aliphatic rings. The molecule has 0 rings (SSSR count). The first-order valence-corrected chi connectivity index (χ1v) is 2.99. The Morgan fingerprint density at radius 3 is 2.18 bits per heavy atom. The standard InChI is InChI=1S/C6H10O5/c1-3(6(10)11-2)4(7)5(8)9/h3-4,7H,1-2H3,(H,8,9). The van der Waals surface area contributed by atoms with Crippen LogP contribution in [0, 0.1) is 5.92 Å². The Morgan fingerprint density at radius 1 is 1.45 bits per heavy atom. The highest BCUT2D eigenvalue weighted by atomic mass is 16.5. The van der Waals surface area contributed by atoms with Crippen LogP contribution < -0.4 is 0 Å². The molecule has 0 aromatic heterocycles. The molecule has 2 unspecified atom stereocenters. The van der Waals surface area contributed by atoms with Crippen LogP contribution in [0.15, 0.2) is 0 Å². The summed E-state index contributed by atoms with van der Waals surface area (Å²) in [5.74, 6) is -3.19. The van der Waals surface area contributed by atoms with Crippen molar-refractivity contribution in [2.75, 3.05) is 7.11 Å². The second-order valence-corrected chi connectivity index (χ2v) is 2.09. The molecule has 2 N–H and O–H groups in total. The molecular weight excluding hydrogens is 152 g/mol. The highest BCUT2D eigenvalue weighted by molar-refractivity contribution is 5.82. The van der Waals surface area contributed by atoms with E-state index in [1.807, 2.05) is 0 Å². The van der Waals surface area contributed by atoms with Crippen LogP contribution >= 0.6 is 0 Å². The van der Waals surface area contributed by atoms with E-state index in [-0.39, 0.29) is 0 Å². The van der Waals surface area contributed by atoms with Crippen LogP contribution in [0.2, 0.25) is 0 Å². The smallest absolute Gasteiger partial charge is 0.333 e. The van der Waals surface area contributed by atoms with E-state index in [4.69, 9.17) is 10.2 Å². The number of ether oxygens (including phenoxy) is 1. The van der Waals surface area contributed by atoms with Gasteiger partial charge in [0.1, 0.15) is 0 Å². The molecule has 0 spiro atoms. The second-order valence-electron chi connectivity index (χ2n) is 2.09. The number of rotatable bonds is 3. The molecule has 0 bridgehead atoms. The van der Waals surface area contributed by atoms with Crippen molar-refractivity contribution < 1.29 is 24.5 Å². The molecule has 0 fully saturated rings. The molecule has 0 amide bonds. The number of hydrogen-bond acceptors (Lipinski definition) is 4. The number of carboxylic acid groups (broad SMARTS) is 1. The first-order chi connectivity index (χ1) is 5.00. The molecule has 0 radical (unpaired) electrons. The molecule has 64 valence electrons. The van der Waals surface area contributed by atoms with Crippen LogP contribution in [-0.2, 0) is 14.3 Å². The first-order valence-electron chi connectivity index (χ1n) is 2.99. The zero-order valence-corrected chi connectivity index (χ0v) is 6.27. The summed E-state index contributed by atoms with van der Waals surface area (Å²) in [6.45, 7) is 1.28. The normalized spacial score (nSPS) is 15.2. The van der Waals surface area contributed by atoms with Gasteiger partial charge in [-0.25, -0.2) is 4.79 Å². The van der Waals surface area contributed by atoms with E-state index in [0.717, 1.165) is 7.11 Å². The molecule has 0 aliphatic heterocycles. The minimum Gasteiger partial charge on any atom is -0.479 e. The lowest BCUT2D eigenvalue weighted by Crippen LogP contribution is -2.33. The molecule has 11 heavy (non-hydrogen) atoms. The molecule has 0 aliphatic carbocycles. The van der Waals surface area contributed by atoms with E-state index >= 15 is 0 Å². The van der Waals surface area contributed by atoms with Gasteiger partial charge in [-0.2, -0.15) is 0 Å². The summed E-state index contributed by atoms with van der Waals surface area (Å²) in [5.41, 5.74) is 0. The number of aliphatic hydroxyl groups is 1.